The Balaban J connectivity index is 2.45. The Morgan fingerprint density at radius 1 is 1.50 bits per heavy atom. The highest BCUT2D eigenvalue weighted by atomic mass is 79.9. The Labute approximate surface area is 157 Å². The zero-order chi connectivity index (χ0) is 19.4. The van der Waals surface area contributed by atoms with Crippen molar-refractivity contribution in [3.05, 3.63) is 35.6 Å². The van der Waals surface area contributed by atoms with E-state index >= 15 is 0 Å². The molecule has 0 amide bonds. The second-order valence-corrected chi connectivity index (χ2v) is 6.94. The summed E-state index contributed by atoms with van der Waals surface area (Å²) < 4.78 is 60.9. The normalized spacial score (nSPS) is 13.4. The number of carbonyl (C=O) groups is 1. The van der Waals surface area contributed by atoms with Crippen molar-refractivity contribution >= 4 is 33.2 Å². The molecule has 0 saturated carbocycles. The van der Waals surface area contributed by atoms with Gasteiger partial charge in [-0.1, -0.05) is 15.9 Å². The predicted molar refractivity (Wildman–Crippen MR) is 90.2 cm³/mol. The lowest BCUT2D eigenvalue weighted by Gasteiger charge is -2.11. The molecule has 0 aliphatic rings. The van der Waals surface area contributed by atoms with E-state index in [4.69, 9.17) is 9.15 Å². The van der Waals surface area contributed by atoms with Crippen LogP contribution in [0.15, 0.2) is 22.6 Å². The molecule has 0 radical (unpaired) electrons. The SMILES string of the molecule is CC(=O)Oc1c(C(Br)CCNS(=O)[O-])oc(-c2cc(F)ccc2F)c1O. The number of alkyl halides is 1. The van der Waals surface area contributed by atoms with E-state index in [-0.39, 0.29) is 30.0 Å². The summed E-state index contributed by atoms with van der Waals surface area (Å²) in [5.41, 5.74) is -0.361. The first-order valence-electron chi connectivity index (χ1n) is 7.17. The molecule has 0 saturated heterocycles. The molecule has 2 aromatic rings. The van der Waals surface area contributed by atoms with Gasteiger partial charge in [0.2, 0.25) is 11.5 Å². The Morgan fingerprint density at radius 3 is 2.81 bits per heavy atom. The standard InChI is InChI=1S/C15H14BrF2NO6S/c1-7(20)24-15-12(21)13(9-6-8(17)2-3-11(9)18)25-14(15)10(16)4-5-19-26(22)23/h2-3,6,10,19,21H,4-5H2,1H3,(H,22,23)/p-1. The van der Waals surface area contributed by atoms with Crippen molar-refractivity contribution in [2.75, 3.05) is 6.54 Å². The van der Waals surface area contributed by atoms with Gasteiger partial charge in [-0.2, -0.15) is 0 Å². The van der Waals surface area contributed by atoms with Gasteiger partial charge in [0.15, 0.2) is 11.5 Å². The molecule has 2 unspecified atom stereocenters. The van der Waals surface area contributed by atoms with Crippen molar-refractivity contribution in [1.29, 1.82) is 0 Å². The van der Waals surface area contributed by atoms with Crippen LogP contribution in [0, 0.1) is 11.6 Å². The molecule has 0 aliphatic carbocycles. The molecule has 2 N–H and O–H groups in total. The first-order chi connectivity index (χ1) is 12.2. The van der Waals surface area contributed by atoms with Crippen LogP contribution in [0.1, 0.15) is 23.9 Å². The molecule has 26 heavy (non-hydrogen) atoms. The zero-order valence-corrected chi connectivity index (χ0v) is 15.7. The van der Waals surface area contributed by atoms with Gasteiger partial charge in [0.1, 0.15) is 11.6 Å². The van der Waals surface area contributed by atoms with E-state index in [9.17, 15) is 27.4 Å². The third-order valence-corrected chi connectivity index (χ3v) is 4.50. The molecule has 2 rings (SSSR count). The third-order valence-electron chi connectivity index (χ3n) is 3.19. The van der Waals surface area contributed by atoms with E-state index in [2.05, 4.69) is 20.7 Å². The van der Waals surface area contributed by atoms with Gasteiger partial charge < -0.3 is 18.8 Å². The Morgan fingerprint density at radius 2 is 2.19 bits per heavy atom. The summed E-state index contributed by atoms with van der Waals surface area (Å²) in [5, 5.41) is 10.3. The topological polar surface area (TPSA) is 112 Å². The van der Waals surface area contributed by atoms with Crippen LogP contribution in [0.4, 0.5) is 8.78 Å². The second kappa shape index (κ2) is 8.71. The third kappa shape index (κ3) is 4.87. The number of furan rings is 1. The van der Waals surface area contributed by atoms with Gasteiger partial charge in [-0.15, -0.1) is 0 Å². The molecule has 1 aromatic carbocycles. The minimum atomic E-state index is -2.46. The van der Waals surface area contributed by atoms with Gasteiger partial charge >= 0.3 is 5.97 Å². The van der Waals surface area contributed by atoms with E-state index in [0.29, 0.717) is 0 Å². The smallest absolute Gasteiger partial charge is 0.308 e. The highest BCUT2D eigenvalue weighted by molar-refractivity contribution is 9.09. The summed E-state index contributed by atoms with van der Waals surface area (Å²) in [6.07, 6.45) is 0.153. The van der Waals surface area contributed by atoms with Gasteiger partial charge in [0.05, 0.1) is 10.4 Å². The minimum absolute atomic E-state index is 0.0106. The van der Waals surface area contributed by atoms with Crippen molar-refractivity contribution in [2.45, 2.75) is 18.2 Å². The average Bonchev–Trinajstić information content (AvgIpc) is 2.86. The summed E-state index contributed by atoms with van der Waals surface area (Å²) in [6, 6.07) is 2.58. The van der Waals surface area contributed by atoms with Crippen molar-refractivity contribution < 1.29 is 36.6 Å². The number of carbonyl (C=O) groups excluding carboxylic acids is 1. The van der Waals surface area contributed by atoms with Crippen molar-refractivity contribution in [2.24, 2.45) is 0 Å². The maximum Gasteiger partial charge on any atom is 0.308 e. The number of hydrogen-bond donors (Lipinski definition) is 2. The fraction of sp³-hybridized carbons (Fsp3) is 0.267. The lowest BCUT2D eigenvalue weighted by Crippen LogP contribution is -2.18. The molecule has 1 aromatic heterocycles. The number of halogens is 3. The van der Waals surface area contributed by atoms with Crippen LogP contribution >= 0.6 is 15.9 Å². The monoisotopic (exact) mass is 452 g/mol. The summed E-state index contributed by atoms with van der Waals surface area (Å²) in [6.45, 7) is 1.10. The zero-order valence-electron chi connectivity index (χ0n) is 13.3. The average molecular weight is 453 g/mol. The van der Waals surface area contributed by atoms with Gasteiger partial charge in [-0.05, 0) is 24.6 Å². The van der Waals surface area contributed by atoms with E-state index in [1.165, 1.54) is 0 Å². The molecular formula is C15H13BrF2NO6S-. The molecule has 0 bridgehead atoms. The van der Waals surface area contributed by atoms with Gasteiger partial charge in [-0.3, -0.25) is 9.00 Å². The molecule has 7 nitrogen and oxygen atoms in total. The van der Waals surface area contributed by atoms with Crippen LogP contribution in [0.25, 0.3) is 11.3 Å². The maximum absolute atomic E-state index is 14.0. The predicted octanol–water partition coefficient (Wildman–Crippen LogP) is 3.07. The fourth-order valence-corrected chi connectivity index (χ4v) is 2.94. The summed E-state index contributed by atoms with van der Waals surface area (Å²) in [5.74, 6) is -3.91. The number of ether oxygens (including phenoxy) is 1. The van der Waals surface area contributed by atoms with Gasteiger partial charge in [0, 0.05) is 24.7 Å². The van der Waals surface area contributed by atoms with Crippen LogP contribution in [-0.2, 0) is 16.1 Å². The lowest BCUT2D eigenvalue weighted by atomic mass is 10.1. The number of aromatic hydroxyl groups is 1. The summed E-state index contributed by atoms with van der Waals surface area (Å²) in [4.78, 5) is 10.6. The molecule has 0 spiro atoms. The molecule has 1 heterocycles. The summed E-state index contributed by atoms with van der Waals surface area (Å²) >= 11 is 0.760. The number of benzene rings is 1. The van der Waals surface area contributed by atoms with Crippen LogP contribution in [0.3, 0.4) is 0 Å². The first kappa shape index (κ1) is 20.5. The van der Waals surface area contributed by atoms with Crippen molar-refractivity contribution in [3.63, 3.8) is 0 Å². The van der Waals surface area contributed by atoms with Gasteiger partial charge in [-0.25, -0.2) is 13.5 Å². The fourth-order valence-electron chi connectivity index (χ4n) is 2.13. The number of esters is 1. The molecule has 2 atom stereocenters. The first-order valence-corrected chi connectivity index (χ1v) is 9.16. The molecule has 0 aliphatic heterocycles. The second-order valence-electron chi connectivity index (χ2n) is 5.08. The Bertz CT molecular complexity index is 844. The van der Waals surface area contributed by atoms with E-state index in [1.54, 1.807) is 0 Å². The minimum Gasteiger partial charge on any atom is -0.760 e. The van der Waals surface area contributed by atoms with E-state index in [1.807, 2.05) is 0 Å². The summed E-state index contributed by atoms with van der Waals surface area (Å²) in [7, 11) is 0. The highest BCUT2D eigenvalue weighted by Gasteiger charge is 2.29. The number of hydrogen-bond acceptors (Lipinski definition) is 6. The molecule has 11 heteroatoms. The lowest BCUT2D eigenvalue weighted by molar-refractivity contribution is -0.132. The number of nitrogens with one attached hydrogen (secondary N) is 1. The van der Waals surface area contributed by atoms with Crippen LogP contribution in [0.5, 0.6) is 11.5 Å². The van der Waals surface area contributed by atoms with Gasteiger partial charge in [0.25, 0.3) is 0 Å². The Hall–Kier alpha value is -1.82. The van der Waals surface area contributed by atoms with Crippen LogP contribution < -0.4 is 9.46 Å². The van der Waals surface area contributed by atoms with E-state index < -0.39 is 45.2 Å². The highest BCUT2D eigenvalue weighted by Crippen LogP contribution is 2.48. The molecule has 0 fully saturated rings. The van der Waals surface area contributed by atoms with Crippen molar-refractivity contribution in [3.8, 4) is 22.8 Å². The van der Waals surface area contributed by atoms with Crippen LogP contribution in [0.2, 0.25) is 0 Å². The molecular weight excluding hydrogens is 440 g/mol. The molecule has 142 valence electrons. The largest absolute Gasteiger partial charge is 0.760 e. The van der Waals surface area contributed by atoms with E-state index in [0.717, 1.165) is 25.1 Å². The quantitative estimate of drug-likeness (QED) is 0.379. The van der Waals surface area contributed by atoms with Crippen molar-refractivity contribution in [1.82, 2.24) is 4.72 Å². The maximum atomic E-state index is 14.0. The number of rotatable bonds is 7. The van der Waals surface area contributed by atoms with Crippen LogP contribution in [-0.4, -0.2) is 26.4 Å². The Kier molecular flexibility index (Phi) is 6.87.